The third-order valence-electron chi connectivity index (χ3n) is 2.73. The highest BCUT2D eigenvalue weighted by molar-refractivity contribution is 7.17. The van der Waals surface area contributed by atoms with E-state index in [0.29, 0.717) is 0 Å². The molecule has 0 amide bonds. The second kappa shape index (κ2) is 2.82. The highest BCUT2D eigenvalue weighted by Gasteiger charge is 2.21. The van der Waals surface area contributed by atoms with E-state index >= 15 is 0 Å². The van der Waals surface area contributed by atoms with Crippen LogP contribution in [0.4, 0.5) is 0 Å². The Morgan fingerprint density at radius 1 is 1.23 bits per heavy atom. The Hall–Kier alpha value is -0.860. The van der Waals surface area contributed by atoms with Gasteiger partial charge in [-0.1, -0.05) is 18.2 Å². The summed E-state index contributed by atoms with van der Waals surface area (Å²) in [5.74, 6) is 0.760. The van der Waals surface area contributed by atoms with Crippen LogP contribution in [-0.4, -0.2) is 13.1 Å². The maximum atomic E-state index is 3.32. The van der Waals surface area contributed by atoms with Crippen molar-refractivity contribution in [3.63, 3.8) is 0 Å². The normalized spacial score (nSPS) is 17.5. The molecular weight excluding hydrogens is 178 g/mol. The van der Waals surface area contributed by atoms with Gasteiger partial charge in [0, 0.05) is 23.7 Å². The van der Waals surface area contributed by atoms with Gasteiger partial charge in [-0.05, 0) is 22.4 Å². The molecule has 13 heavy (non-hydrogen) atoms. The number of hydrogen-bond acceptors (Lipinski definition) is 2. The Morgan fingerprint density at radius 3 is 2.85 bits per heavy atom. The molecule has 1 fully saturated rings. The summed E-state index contributed by atoms with van der Waals surface area (Å²) in [7, 11) is 0. The van der Waals surface area contributed by atoms with Crippen LogP contribution in [0.15, 0.2) is 29.6 Å². The molecule has 0 radical (unpaired) electrons. The minimum Gasteiger partial charge on any atom is -0.315 e. The molecule has 0 bridgehead atoms. The lowest BCUT2D eigenvalue weighted by Crippen LogP contribution is -2.39. The molecule has 1 aliphatic heterocycles. The molecule has 2 heteroatoms. The fraction of sp³-hybridized carbons (Fsp3) is 0.273. The van der Waals surface area contributed by atoms with E-state index in [4.69, 9.17) is 0 Å². The number of fused-ring (bicyclic) bond motifs is 1. The first kappa shape index (κ1) is 7.54. The lowest BCUT2D eigenvalue weighted by molar-refractivity contribution is 0.451. The zero-order valence-corrected chi connectivity index (χ0v) is 8.10. The van der Waals surface area contributed by atoms with Crippen LogP contribution in [0.2, 0.25) is 0 Å². The third-order valence-corrected chi connectivity index (χ3v) is 3.71. The Morgan fingerprint density at radius 2 is 2.08 bits per heavy atom. The predicted octanol–water partition coefficient (Wildman–Crippen LogP) is 2.59. The van der Waals surface area contributed by atoms with Gasteiger partial charge in [-0.3, -0.25) is 0 Å². The van der Waals surface area contributed by atoms with Crippen molar-refractivity contribution in [1.82, 2.24) is 5.32 Å². The van der Waals surface area contributed by atoms with Crippen LogP contribution in [0.3, 0.4) is 0 Å². The lowest BCUT2D eigenvalue weighted by atomic mass is 9.93. The zero-order chi connectivity index (χ0) is 8.67. The molecule has 66 valence electrons. The molecule has 1 nitrogen and oxygen atoms in total. The van der Waals surface area contributed by atoms with E-state index in [9.17, 15) is 0 Å². The summed E-state index contributed by atoms with van der Waals surface area (Å²) in [5.41, 5.74) is 1.54. The monoisotopic (exact) mass is 189 g/mol. The van der Waals surface area contributed by atoms with E-state index in [1.165, 1.54) is 10.1 Å². The van der Waals surface area contributed by atoms with Crippen molar-refractivity contribution < 1.29 is 0 Å². The minimum absolute atomic E-state index is 0.760. The van der Waals surface area contributed by atoms with Crippen molar-refractivity contribution in [2.24, 2.45) is 0 Å². The van der Waals surface area contributed by atoms with Gasteiger partial charge in [-0.2, -0.15) is 0 Å². The van der Waals surface area contributed by atoms with Gasteiger partial charge >= 0.3 is 0 Å². The Balaban J connectivity index is 2.17. The average molecular weight is 189 g/mol. The van der Waals surface area contributed by atoms with E-state index in [2.05, 4.69) is 35.0 Å². The fourth-order valence-corrected chi connectivity index (χ4v) is 2.87. The summed E-state index contributed by atoms with van der Waals surface area (Å²) in [6.45, 7) is 2.31. The van der Waals surface area contributed by atoms with Gasteiger partial charge in [0.1, 0.15) is 0 Å². The number of benzene rings is 1. The van der Waals surface area contributed by atoms with Crippen LogP contribution < -0.4 is 5.32 Å². The quantitative estimate of drug-likeness (QED) is 0.727. The molecule has 2 heterocycles. The van der Waals surface area contributed by atoms with E-state index < -0.39 is 0 Å². The van der Waals surface area contributed by atoms with Crippen LogP contribution in [0, 0.1) is 0 Å². The number of thiophene rings is 1. The molecule has 2 aromatic rings. The first-order valence-electron chi connectivity index (χ1n) is 4.62. The minimum atomic E-state index is 0.760. The molecule has 0 unspecified atom stereocenters. The smallest absolute Gasteiger partial charge is 0.0345 e. The van der Waals surface area contributed by atoms with Gasteiger partial charge in [-0.15, -0.1) is 11.3 Å². The van der Waals surface area contributed by atoms with Crippen molar-refractivity contribution >= 4 is 21.4 Å². The van der Waals surface area contributed by atoms with Crippen molar-refractivity contribution in [2.75, 3.05) is 13.1 Å². The van der Waals surface area contributed by atoms with Crippen molar-refractivity contribution in [3.05, 3.63) is 35.2 Å². The Labute approximate surface area is 81.4 Å². The van der Waals surface area contributed by atoms with Crippen LogP contribution in [0.1, 0.15) is 11.5 Å². The summed E-state index contributed by atoms with van der Waals surface area (Å²) in [4.78, 5) is 0. The first-order valence-corrected chi connectivity index (χ1v) is 5.50. The number of nitrogens with one attached hydrogen (secondary N) is 1. The van der Waals surface area contributed by atoms with E-state index in [1.807, 2.05) is 11.3 Å². The molecule has 0 saturated carbocycles. The first-order chi connectivity index (χ1) is 6.45. The summed E-state index contributed by atoms with van der Waals surface area (Å²) in [6, 6.07) is 8.68. The van der Waals surface area contributed by atoms with Crippen molar-refractivity contribution in [1.29, 1.82) is 0 Å². The molecular formula is C11H11NS. The largest absolute Gasteiger partial charge is 0.315 e. The number of rotatable bonds is 1. The van der Waals surface area contributed by atoms with Gasteiger partial charge in [0.25, 0.3) is 0 Å². The highest BCUT2D eigenvalue weighted by atomic mass is 32.1. The predicted molar refractivity (Wildman–Crippen MR) is 57.4 cm³/mol. The molecule has 1 aromatic carbocycles. The highest BCUT2D eigenvalue weighted by Crippen LogP contribution is 2.32. The summed E-state index contributed by atoms with van der Waals surface area (Å²) < 4.78 is 1.42. The van der Waals surface area contributed by atoms with E-state index in [-0.39, 0.29) is 0 Å². The summed E-state index contributed by atoms with van der Waals surface area (Å²) >= 11 is 1.86. The van der Waals surface area contributed by atoms with Gasteiger partial charge in [0.2, 0.25) is 0 Å². The topological polar surface area (TPSA) is 12.0 Å². The summed E-state index contributed by atoms with van der Waals surface area (Å²) in [6.07, 6.45) is 0. The van der Waals surface area contributed by atoms with Gasteiger partial charge in [0.05, 0.1) is 0 Å². The molecule has 1 aliphatic rings. The Kier molecular flexibility index (Phi) is 1.64. The molecule has 1 aromatic heterocycles. The zero-order valence-electron chi connectivity index (χ0n) is 7.29. The van der Waals surface area contributed by atoms with Crippen LogP contribution in [0.25, 0.3) is 10.1 Å². The van der Waals surface area contributed by atoms with E-state index in [1.54, 1.807) is 5.56 Å². The second-order valence-electron chi connectivity index (χ2n) is 3.54. The molecule has 0 spiro atoms. The molecule has 1 N–H and O–H groups in total. The van der Waals surface area contributed by atoms with Crippen molar-refractivity contribution in [3.8, 4) is 0 Å². The maximum Gasteiger partial charge on any atom is 0.0345 e. The second-order valence-corrected chi connectivity index (χ2v) is 4.45. The number of hydrogen-bond donors (Lipinski definition) is 1. The molecule has 3 rings (SSSR count). The molecule has 0 aliphatic carbocycles. The average Bonchev–Trinajstić information content (AvgIpc) is 2.47. The van der Waals surface area contributed by atoms with Crippen LogP contribution in [0.5, 0.6) is 0 Å². The molecule has 0 atom stereocenters. The summed E-state index contributed by atoms with van der Waals surface area (Å²) in [5, 5.41) is 7.09. The Bertz CT molecular complexity index is 428. The van der Waals surface area contributed by atoms with Gasteiger partial charge < -0.3 is 5.32 Å². The molecule has 1 saturated heterocycles. The SMILES string of the molecule is c1ccc2c(C3CNC3)csc2c1. The lowest BCUT2D eigenvalue weighted by Gasteiger charge is -2.26. The van der Waals surface area contributed by atoms with Gasteiger partial charge in [0.15, 0.2) is 0 Å². The third kappa shape index (κ3) is 1.10. The van der Waals surface area contributed by atoms with Crippen molar-refractivity contribution in [2.45, 2.75) is 5.92 Å². The fourth-order valence-electron chi connectivity index (χ4n) is 1.82. The van der Waals surface area contributed by atoms with Crippen LogP contribution in [-0.2, 0) is 0 Å². The van der Waals surface area contributed by atoms with Crippen LogP contribution >= 0.6 is 11.3 Å². The van der Waals surface area contributed by atoms with E-state index in [0.717, 1.165) is 19.0 Å². The van der Waals surface area contributed by atoms with Gasteiger partial charge in [-0.25, -0.2) is 0 Å². The standard InChI is InChI=1S/C11H11NS/c1-2-4-11-9(3-1)10(7-13-11)8-5-12-6-8/h1-4,7-8,12H,5-6H2. The maximum absolute atomic E-state index is 3.32.